The lowest BCUT2D eigenvalue weighted by Crippen LogP contribution is -2.20. The van der Waals surface area contributed by atoms with Crippen molar-refractivity contribution in [3.8, 4) is 0 Å². The molecule has 0 bridgehead atoms. The first-order chi connectivity index (χ1) is 12.7. The second-order valence-electron chi connectivity index (χ2n) is 7.14. The minimum atomic E-state index is -4.64. The summed E-state index contributed by atoms with van der Waals surface area (Å²) in [6.45, 7) is 2.27. The summed E-state index contributed by atoms with van der Waals surface area (Å²) in [4.78, 5) is 34.6. The monoisotopic (exact) mass is 407 g/mol. The quantitative estimate of drug-likeness (QED) is 0.197. The Morgan fingerprint density at radius 3 is 1.56 bits per heavy atom. The first kappa shape index (κ1) is 28.5. The molecule has 7 heteroatoms. The number of hydrogen-bond acceptors (Lipinski definition) is 2. The number of hydrogen-bond donors (Lipinski definition) is 3. The van der Waals surface area contributed by atoms with Gasteiger partial charge in [-0.2, -0.15) is 0 Å². The average Bonchev–Trinajstić information content (AvgIpc) is 2.56. The van der Waals surface area contributed by atoms with Gasteiger partial charge in [0.25, 0.3) is 0 Å². The van der Waals surface area contributed by atoms with Gasteiger partial charge in [0.1, 0.15) is 0 Å². The maximum absolute atomic E-state index is 11.4. The molecule has 1 amide bonds. The molecule has 0 spiro atoms. The molecule has 0 aromatic carbocycles. The molecule has 0 saturated heterocycles. The number of amides is 1. The van der Waals surface area contributed by atoms with E-state index in [-0.39, 0.29) is 5.91 Å². The van der Waals surface area contributed by atoms with E-state index in [9.17, 15) is 4.79 Å². The third kappa shape index (κ3) is 33.3. The van der Waals surface area contributed by atoms with Crippen molar-refractivity contribution < 1.29 is 24.0 Å². The van der Waals surface area contributed by atoms with Crippen molar-refractivity contribution in [3.05, 3.63) is 12.2 Å². The zero-order valence-electron chi connectivity index (χ0n) is 17.6. The first-order valence-corrected chi connectivity index (χ1v) is 11.9. The van der Waals surface area contributed by atoms with E-state index in [2.05, 4.69) is 19.1 Å². The van der Waals surface area contributed by atoms with Crippen LogP contribution in [0.4, 0.5) is 0 Å². The minimum absolute atomic E-state index is 0.262. The van der Waals surface area contributed by atoms with Gasteiger partial charge in [-0.05, 0) is 32.1 Å². The van der Waals surface area contributed by atoms with Gasteiger partial charge < -0.3 is 19.6 Å². The van der Waals surface area contributed by atoms with Crippen molar-refractivity contribution >= 4 is 13.7 Å². The Morgan fingerprint density at radius 2 is 1.15 bits per heavy atom. The van der Waals surface area contributed by atoms with Crippen LogP contribution >= 0.6 is 7.82 Å². The number of phosphoric acid groups is 1. The summed E-state index contributed by atoms with van der Waals surface area (Å²) in [5.41, 5.74) is 0. The number of nitrogens with zero attached hydrogens (tertiary/aromatic N) is 1. The largest absolute Gasteiger partial charge is 0.466 e. The van der Waals surface area contributed by atoms with E-state index in [4.69, 9.17) is 19.2 Å². The Bertz CT molecular complexity index is 399. The molecule has 0 unspecified atom stereocenters. The van der Waals surface area contributed by atoms with Gasteiger partial charge in [-0.15, -0.1) is 0 Å². The molecular weight excluding hydrogens is 365 g/mol. The summed E-state index contributed by atoms with van der Waals surface area (Å²) in [7, 11) is -0.972. The van der Waals surface area contributed by atoms with E-state index >= 15 is 0 Å². The number of carbonyl (C=O) groups is 1. The minimum Gasteiger partial charge on any atom is -0.349 e. The summed E-state index contributed by atoms with van der Waals surface area (Å²) >= 11 is 0. The highest BCUT2D eigenvalue weighted by Gasteiger charge is 2.02. The fourth-order valence-electron chi connectivity index (χ4n) is 2.57. The fourth-order valence-corrected chi connectivity index (χ4v) is 2.57. The summed E-state index contributed by atoms with van der Waals surface area (Å²) < 4.78 is 8.88. The van der Waals surface area contributed by atoms with E-state index in [1.54, 1.807) is 4.90 Å². The van der Waals surface area contributed by atoms with E-state index < -0.39 is 7.82 Å². The molecule has 0 aromatic heterocycles. The standard InChI is InChI=1S/C20H39NO.H3O4P/c1-4-5-6-7-8-9-10-11-12-13-14-15-16-17-18-19-20(22)21(2)3;1-5(2,3)4/h11-12H,4-10,13-19H2,1-3H3;(H3,1,2,3,4)/b12-11-;. The normalized spacial score (nSPS) is 11.3. The molecule has 0 rings (SSSR count). The van der Waals surface area contributed by atoms with Gasteiger partial charge in [0.2, 0.25) is 5.91 Å². The molecule has 0 radical (unpaired) electrons. The van der Waals surface area contributed by atoms with Crippen LogP contribution in [0.1, 0.15) is 96.8 Å². The summed E-state index contributed by atoms with van der Waals surface area (Å²) in [6.07, 6.45) is 22.4. The van der Waals surface area contributed by atoms with Crippen molar-refractivity contribution in [1.82, 2.24) is 4.90 Å². The SMILES string of the molecule is CCCCCCCC/C=C\CCCCCCCC(=O)N(C)C.O=P(O)(O)O. The van der Waals surface area contributed by atoms with Crippen LogP contribution in [0.25, 0.3) is 0 Å². The van der Waals surface area contributed by atoms with Crippen molar-refractivity contribution in [2.24, 2.45) is 0 Å². The van der Waals surface area contributed by atoms with Crippen LogP contribution in [0.5, 0.6) is 0 Å². The van der Waals surface area contributed by atoms with Gasteiger partial charge in [0.05, 0.1) is 0 Å². The zero-order valence-corrected chi connectivity index (χ0v) is 18.5. The molecule has 0 aromatic rings. The molecule has 0 aliphatic carbocycles. The van der Waals surface area contributed by atoms with Crippen LogP contribution < -0.4 is 0 Å². The molecule has 0 aliphatic rings. The lowest BCUT2D eigenvalue weighted by molar-refractivity contribution is -0.128. The molecule has 0 fully saturated rings. The number of carbonyl (C=O) groups excluding carboxylic acids is 1. The Hall–Kier alpha value is -0.680. The fraction of sp³-hybridized carbons (Fsp3) is 0.850. The number of unbranched alkanes of at least 4 members (excludes halogenated alkanes) is 11. The van der Waals surface area contributed by atoms with Gasteiger partial charge in [-0.25, -0.2) is 4.57 Å². The lowest BCUT2D eigenvalue weighted by Gasteiger charge is -2.09. The van der Waals surface area contributed by atoms with Gasteiger partial charge in [-0.1, -0.05) is 70.4 Å². The van der Waals surface area contributed by atoms with Crippen molar-refractivity contribution in [2.45, 2.75) is 96.8 Å². The number of rotatable bonds is 15. The van der Waals surface area contributed by atoms with E-state index in [0.717, 1.165) is 6.42 Å². The zero-order chi connectivity index (χ0) is 21.0. The predicted octanol–water partition coefficient (Wildman–Crippen LogP) is 5.18. The topological polar surface area (TPSA) is 98.1 Å². The average molecular weight is 408 g/mol. The second kappa shape index (κ2) is 20.1. The molecule has 6 nitrogen and oxygen atoms in total. The summed E-state index contributed by atoms with van der Waals surface area (Å²) in [5, 5.41) is 0. The van der Waals surface area contributed by atoms with E-state index in [0.29, 0.717) is 6.42 Å². The Balaban J connectivity index is 0. The predicted molar refractivity (Wildman–Crippen MR) is 112 cm³/mol. The Morgan fingerprint density at radius 1 is 0.778 bits per heavy atom. The van der Waals surface area contributed by atoms with Gasteiger partial charge in [-0.3, -0.25) is 4.79 Å². The Labute approximate surface area is 166 Å². The highest BCUT2D eigenvalue weighted by atomic mass is 31.2. The van der Waals surface area contributed by atoms with Crippen molar-refractivity contribution in [2.75, 3.05) is 14.1 Å². The van der Waals surface area contributed by atoms with Gasteiger partial charge in [0, 0.05) is 20.5 Å². The van der Waals surface area contributed by atoms with Crippen LogP contribution in [0.3, 0.4) is 0 Å². The maximum atomic E-state index is 11.4. The Kier molecular flexibility index (Phi) is 21.2. The van der Waals surface area contributed by atoms with E-state index in [1.807, 2.05) is 14.1 Å². The number of allylic oxidation sites excluding steroid dienone is 2. The third-order valence-corrected chi connectivity index (χ3v) is 4.15. The van der Waals surface area contributed by atoms with Crippen molar-refractivity contribution in [1.29, 1.82) is 0 Å². The highest BCUT2D eigenvalue weighted by molar-refractivity contribution is 7.45. The third-order valence-electron chi connectivity index (χ3n) is 4.15. The van der Waals surface area contributed by atoms with Gasteiger partial charge >= 0.3 is 7.82 Å². The highest BCUT2D eigenvalue weighted by Crippen LogP contribution is 2.25. The maximum Gasteiger partial charge on any atom is 0.466 e. The molecule has 162 valence electrons. The molecule has 0 atom stereocenters. The first-order valence-electron chi connectivity index (χ1n) is 10.3. The summed E-state index contributed by atoms with van der Waals surface area (Å²) in [5.74, 6) is 0.262. The van der Waals surface area contributed by atoms with Crippen LogP contribution in [0.15, 0.2) is 12.2 Å². The van der Waals surface area contributed by atoms with Crippen LogP contribution in [-0.2, 0) is 9.36 Å². The van der Waals surface area contributed by atoms with Crippen molar-refractivity contribution in [3.63, 3.8) is 0 Å². The van der Waals surface area contributed by atoms with Crippen LogP contribution in [0, 0.1) is 0 Å². The lowest BCUT2D eigenvalue weighted by atomic mass is 10.1. The van der Waals surface area contributed by atoms with Gasteiger partial charge in [0.15, 0.2) is 0 Å². The summed E-state index contributed by atoms with van der Waals surface area (Å²) in [6, 6.07) is 0. The molecule has 0 saturated carbocycles. The molecule has 0 heterocycles. The molecule has 0 aliphatic heterocycles. The molecule has 27 heavy (non-hydrogen) atoms. The van der Waals surface area contributed by atoms with Crippen LogP contribution in [-0.4, -0.2) is 39.6 Å². The molecule has 3 N–H and O–H groups in total. The second-order valence-corrected chi connectivity index (χ2v) is 8.16. The van der Waals surface area contributed by atoms with Crippen LogP contribution in [0.2, 0.25) is 0 Å². The smallest absolute Gasteiger partial charge is 0.349 e. The molecular formula is C20H42NO5P. The van der Waals surface area contributed by atoms with E-state index in [1.165, 1.54) is 77.0 Å².